The van der Waals surface area contributed by atoms with Crippen LogP contribution in [0.3, 0.4) is 0 Å². The van der Waals surface area contributed by atoms with Crippen molar-refractivity contribution in [3.63, 3.8) is 0 Å². The van der Waals surface area contributed by atoms with Crippen LogP contribution in [0.15, 0.2) is 0 Å². The molecule has 0 aromatic carbocycles. The maximum absolute atomic E-state index is 5.38. The molecular formula is C3H3ClN3. The van der Waals surface area contributed by atoms with Gasteiger partial charge in [0.05, 0.1) is 0 Å². The van der Waals surface area contributed by atoms with E-state index in [-0.39, 0.29) is 0 Å². The first-order valence-corrected chi connectivity index (χ1v) is 2.11. The van der Waals surface area contributed by atoms with Crippen LogP contribution in [-0.2, 0) is 7.05 Å². The van der Waals surface area contributed by atoms with E-state index in [4.69, 9.17) is 11.6 Å². The normalized spacial score (nSPS) is 9.43. The van der Waals surface area contributed by atoms with E-state index in [1.807, 2.05) is 0 Å². The molecule has 0 saturated carbocycles. The first kappa shape index (κ1) is 4.59. The van der Waals surface area contributed by atoms with Gasteiger partial charge in [-0.2, -0.15) is 4.98 Å². The summed E-state index contributed by atoms with van der Waals surface area (Å²) < 4.78 is 1.43. The van der Waals surface area contributed by atoms with E-state index in [1.54, 1.807) is 7.05 Å². The van der Waals surface area contributed by atoms with Gasteiger partial charge >= 0.3 is 0 Å². The minimum absolute atomic E-state index is 0.361. The molecule has 1 heterocycles. The number of nitrogens with zero attached hydrogens (tertiary/aromatic N) is 3. The molecular weight excluding hydrogens is 114 g/mol. The van der Waals surface area contributed by atoms with E-state index in [2.05, 4.69) is 16.4 Å². The Bertz CT molecular complexity index is 142. The highest BCUT2D eigenvalue weighted by molar-refractivity contribution is 6.28. The van der Waals surface area contributed by atoms with E-state index in [0.29, 0.717) is 5.28 Å². The molecule has 0 aliphatic heterocycles. The number of rotatable bonds is 0. The molecule has 1 rings (SSSR count). The highest BCUT2D eigenvalue weighted by Gasteiger charge is 1.89. The maximum atomic E-state index is 5.38. The van der Waals surface area contributed by atoms with Crippen LogP contribution in [0.4, 0.5) is 0 Å². The molecule has 0 aliphatic rings. The lowest BCUT2D eigenvalue weighted by molar-refractivity contribution is 0.765. The molecule has 37 valence electrons. The molecule has 0 fully saturated rings. The molecule has 0 saturated heterocycles. The predicted molar refractivity (Wildman–Crippen MR) is 24.8 cm³/mol. The Morgan fingerprint density at radius 2 is 2.57 bits per heavy atom. The van der Waals surface area contributed by atoms with Crippen molar-refractivity contribution in [2.24, 2.45) is 7.05 Å². The molecule has 1 aromatic rings. The third-order valence-electron chi connectivity index (χ3n) is 0.604. The zero-order chi connectivity index (χ0) is 5.28. The second-order valence-corrected chi connectivity index (χ2v) is 1.44. The third-order valence-corrected chi connectivity index (χ3v) is 0.933. The average Bonchev–Trinajstić information content (AvgIpc) is 1.91. The summed E-state index contributed by atoms with van der Waals surface area (Å²) in [6.45, 7) is 0. The molecule has 0 aliphatic carbocycles. The van der Waals surface area contributed by atoms with Gasteiger partial charge in [-0.3, -0.25) is 0 Å². The van der Waals surface area contributed by atoms with Crippen molar-refractivity contribution in [3.8, 4) is 0 Å². The molecule has 0 spiro atoms. The van der Waals surface area contributed by atoms with E-state index in [0.717, 1.165) is 0 Å². The van der Waals surface area contributed by atoms with Crippen LogP contribution in [0.25, 0.3) is 0 Å². The molecule has 3 nitrogen and oxygen atoms in total. The fraction of sp³-hybridized carbons (Fsp3) is 0.333. The lowest BCUT2D eigenvalue weighted by Gasteiger charge is -1.81. The Morgan fingerprint density at radius 3 is 2.71 bits per heavy atom. The van der Waals surface area contributed by atoms with Crippen molar-refractivity contribution < 1.29 is 0 Å². The fourth-order valence-electron chi connectivity index (χ4n) is 0.244. The van der Waals surface area contributed by atoms with Gasteiger partial charge in [0.2, 0.25) is 11.6 Å². The van der Waals surface area contributed by atoms with Crippen molar-refractivity contribution >= 4 is 11.6 Å². The fourth-order valence-corrected chi connectivity index (χ4v) is 0.320. The van der Waals surface area contributed by atoms with Gasteiger partial charge in [-0.1, -0.05) is 0 Å². The largest absolute Gasteiger partial charge is 0.239 e. The Balaban J connectivity index is 3.12. The average molecular weight is 117 g/mol. The van der Waals surface area contributed by atoms with Crippen LogP contribution < -0.4 is 0 Å². The topological polar surface area (TPSA) is 30.7 Å². The number of halogens is 1. The van der Waals surface area contributed by atoms with Gasteiger partial charge in [-0.05, 0) is 11.6 Å². The lowest BCUT2D eigenvalue weighted by atomic mass is 11.2. The first-order valence-electron chi connectivity index (χ1n) is 1.73. The SMILES string of the molecule is Cn1n[c]nc1Cl. The second kappa shape index (κ2) is 1.50. The van der Waals surface area contributed by atoms with Crippen molar-refractivity contribution in [2.45, 2.75) is 0 Å². The monoisotopic (exact) mass is 116 g/mol. The first-order chi connectivity index (χ1) is 3.30. The smallest absolute Gasteiger partial charge is 0.222 e. The summed E-state index contributed by atoms with van der Waals surface area (Å²) in [7, 11) is 1.70. The lowest BCUT2D eigenvalue weighted by Crippen LogP contribution is -1.87. The van der Waals surface area contributed by atoms with Crippen molar-refractivity contribution in [3.05, 3.63) is 11.6 Å². The van der Waals surface area contributed by atoms with Gasteiger partial charge < -0.3 is 0 Å². The molecule has 0 N–H and O–H groups in total. The molecule has 7 heavy (non-hydrogen) atoms. The highest BCUT2D eigenvalue weighted by Crippen LogP contribution is 1.95. The number of hydrogen-bond donors (Lipinski definition) is 0. The minimum atomic E-state index is 0.361. The van der Waals surface area contributed by atoms with Gasteiger partial charge in [0.1, 0.15) is 0 Å². The van der Waals surface area contributed by atoms with Crippen molar-refractivity contribution in [2.75, 3.05) is 0 Å². The van der Waals surface area contributed by atoms with Crippen LogP contribution in [0.5, 0.6) is 0 Å². The molecule has 1 radical (unpaired) electrons. The van der Waals surface area contributed by atoms with Crippen LogP contribution >= 0.6 is 11.6 Å². The van der Waals surface area contributed by atoms with Crippen molar-refractivity contribution in [1.82, 2.24) is 14.8 Å². The summed E-state index contributed by atoms with van der Waals surface area (Å²) in [5.41, 5.74) is 0. The summed E-state index contributed by atoms with van der Waals surface area (Å²) >= 11 is 5.38. The van der Waals surface area contributed by atoms with Crippen LogP contribution in [-0.4, -0.2) is 14.8 Å². The summed E-state index contributed by atoms with van der Waals surface area (Å²) in [5.74, 6) is 0. The summed E-state index contributed by atoms with van der Waals surface area (Å²) in [6.07, 6.45) is 2.33. The van der Waals surface area contributed by atoms with Crippen LogP contribution in [0.1, 0.15) is 0 Å². The zero-order valence-electron chi connectivity index (χ0n) is 3.72. The molecule has 0 amide bonds. The van der Waals surface area contributed by atoms with Crippen molar-refractivity contribution in [1.29, 1.82) is 0 Å². The van der Waals surface area contributed by atoms with Gasteiger partial charge in [0.25, 0.3) is 0 Å². The Kier molecular flexibility index (Phi) is 0.982. The Hall–Kier alpha value is -0.570. The van der Waals surface area contributed by atoms with E-state index in [9.17, 15) is 0 Å². The number of aromatic nitrogens is 3. The van der Waals surface area contributed by atoms with Gasteiger partial charge in [0, 0.05) is 7.05 Å². The standard InChI is InChI=1S/C3H3ClN3/c1-7-3(4)5-2-6-7/h1H3. The highest BCUT2D eigenvalue weighted by atomic mass is 35.5. The molecule has 0 unspecified atom stereocenters. The quantitative estimate of drug-likeness (QED) is 0.487. The maximum Gasteiger partial charge on any atom is 0.222 e. The van der Waals surface area contributed by atoms with E-state index >= 15 is 0 Å². The number of aryl methyl sites for hydroxylation is 1. The summed E-state index contributed by atoms with van der Waals surface area (Å²) in [5, 5.41) is 3.93. The van der Waals surface area contributed by atoms with Gasteiger partial charge in [-0.15, -0.1) is 5.10 Å². The van der Waals surface area contributed by atoms with E-state index < -0.39 is 0 Å². The molecule has 4 heteroatoms. The van der Waals surface area contributed by atoms with Crippen LogP contribution in [0, 0.1) is 6.33 Å². The Labute approximate surface area is 45.9 Å². The van der Waals surface area contributed by atoms with Crippen LogP contribution in [0.2, 0.25) is 5.28 Å². The predicted octanol–water partition coefficient (Wildman–Crippen LogP) is 0.269. The summed E-state index contributed by atoms with van der Waals surface area (Å²) in [6, 6.07) is 0. The molecule has 0 atom stereocenters. The minimum Gasteiger partial charge on any atom is -0.239 e. The second-order valence-electron chi connectivity index (χ2n) is 1.10. The summed E-state index contributed by atoms with van der Waals surface area (Å²) in [4.78, 5) is 3.51. The molecule has 1 aromatic heterocycles. The Morgan fingerprint density at radius 1 is 1.86 bits per heavy atom. The van der Waals surface area contributed by atoms with Gasteiger partial charge in [-0.25, -0.2) is 4.68 Å². The van der Waals surface area contributed by atoms with Gasteiger partial charge in [0.15, 0.2) is 0 Å². The van der Waals surface area contributed by atoms with E-state index in [1.165, 1.54) is 4.68 Å². The molecule has 0 bridgehead atoms. The zero-order valence-corrected chi connectivity index (χ0v) is 4.48. The number of hydrogen-bond acceptors (Lipinski definition) is 2. The third kappa shape index (κ3) is 0.718.